The Labute approximate surface area is 120 Å². The summed E-state index contributed by atoms with van der Waals surface area (Å²) in [6.07, 6.45) is 7.27. The molecule has 3 fully saturated rings. The van der Waals surface area contributed by atoms with Crippen molar-refractivity contribution in [2.24, 2.45) is 11.8 Å². The van der Waals surface area contributed by atoms with E-state index in [1.807, 2.05) is 11.3 Å². The Morgan fingerprint density at radius 3 is 3.00 bits per heavy atom. The predicted octanol–water partition coefficient (Wildman–Crippen LogP) is 3.10. The van der Waals surface area contributed by atoms with E-state index in [0.29, 0.717) is 0 Å². The van der Waals surface area contributed by atoms with Crippen LogP contribution in [0.15, 0.2) is 17.5 Å². The average Bonchev–Trinajstić information content (AvgIpc) is 2.83. The molecule has 2 aliphatic carbocycles. The summed E-state index contributed by atoms with van der Waals surface area (Å²) in [7, 11) is 0. The minimum absolute atomic E-state index is 0.771. The van der Waals surface area contributed by atoms with Crippen molar-refractivity contribution in [3.8, 4) is 0 Å². The third-order valence-electron chi connectivity index (χ3n) is 5.31. The molecule has 1 saturated heterocycles. The van der Waals surface area contributed by atoms with Gasteiger partial charge in [0.05, 0.1) is 0 Å². The molecule has 2 saturated carbocycles. The van der Waals surface area contributed by atoms with Crippen molar-refractivity contribution in [1.29, 1.82) is 0 Å². The van der Waals surface area contributed by atoms with E-state index in [4.69, 9.17) is 0 Å². The van der Waals surface area contributed by atoms with Gasteiger partial charge < -0.3 is 5.32 Å². The summed E-state index contributed by atoms with van der Waals surface area (Å²) in [4.78, 5) is 4.29. The number of rotatable bonds is 5. The van der Waals surface area contributed by atoms with Crippen LogP contribution >= 0.6 is 11.3 Å². The van der Waals surface area contributed by atoms with Crippen molar-refractivity contribution in [2.45, 2.75) is 50.7 Å². The molecule has 0 bridgehead atoms. The molecule has 0 radical (unpaired) electrons. The molecule has 2 nitrogen and oxygen atoms in total. The lowest BCUT2D eigenvalue weighted by atomic mass is 9.94. The van der Waals surface area contributed by atoms with Crippen molar-refractivity contribution in [3.63, 3.8) is 0 Å². The van der Waals surface area contributed by atoms with Gasteiger partial charge in [0.15, 0.2) is 0 Å². The summed E-state index contributed by atoms with van der Waals surface area (Å²) in [6, 6.07) is 6.13. The van der Waals surface area contributed by atoms with Gasteiger partial charge >= 0.3 is 0 Å². The van der Waals surface area contributed by atoms with Gasteiger partial charge in [-0.05, 0) is 55.5 Å². The van der Waals surface area contributed by atoms with E-state index in [9.17, 15) is 0 Å². The summed E-state index contributed by atoms with van der Waals surface area (Å²) >= 11 is 1.91. The van der Waals surface area contributed by atoms with Crippen LogP contribution < -0.4 is 5.32 Å². The van der Waals surface area contributed by atoms with Crippen molar-refractivity contribution < 1.29 is 0 Å². The third-order valence-corrected chi connectivity index (χ3v) is 6.17. The van der Waals surface area contributed by atoms with Gasteiger partial charge in [-0.2, -0.15) is 0 Å². The zero-order valence-electron chi connectivity index (χ0n) is 11.6. The Kier molecular flexibility index (Phi) is 3.38. The van der Waals surface area contributed by atoms with Crippen LogP contribution in [-0.4, -0.2) is 30.1 Å². The van der Waals surface area contributed by atoms with E-state index in [1.165, 1.54) is 56.6 Å². The van der Waals surface area contributed by atoms with Gasteiger partial charge in [0.25, 0.3) is 0 Å². The SMILES string of the molecule is c1csc(CN(CC2NCC3CCCC32)C2CC2)c1. The van der Waals surface area contributed by atoms with Crippen LogP contribution in [0.4, 0.5) is 0 Å². The summed E-state index contributed by atoms with van der Waals surface area (Å²) in [5, 5.41) is 6.02. The molecule has 0 amide bonds. The molecule has 3 aliphatic rings. The van der Waals surface area contributed by atoms with Crippen molar-refractivity contribution in [1.82, 2.24) is 10.2 Å². The quantitative estimate of drug-likeness (QED) is 0.889. The first kappa shape index (κ1) is 12.4. The molecule has 0 aromatic carbocycles. The molecule has 0 spiro atoms. The zero-order chi connectivity index (χ0) is 12.7. The fourth-order valence-electron chi connectivity index (χ4n) is 4.14. The van der Waals surface area contributed by atoms with Gasteiger partial charge in [-0.25, -0.2) is 0 Å². The minimum atomic E-state index is 0.771. The summed E-state index contributed by atoms with van der Waals surface area (Å²) in [6.45, 7) is 3.74. The first-order valence-corrected chi connectivity index (χ1v) is 8.78. The Balaban J connectivity index is 1.41. The molecule has 104 valence electrons. The fourth-order valence-corrected chi connectivity index (χ4v) is 4.87. The van der Waals surface area contributed by atoms with Crippen LogP contribution in [0.3, 0.4) is 0 Å². The van der Waals surface area contributed by atoms with E-state index in [0.717, 1.165) is 23.9 Å². The molecular formula is C16H24N2S. The van der Waals surface area contributed by atoms with E-state index < -0.39 is 0 Å². The van der Waals surface area contributed by atoms with E-state index in [2.05, 4.69) is 27.7 Å². The second-order valence-corrected chi connectivity index (χ2v) is 7.64. The fraction of sp³-hybridized carbons (Fsp3) is 0.750. The van der Waals surface area contributed by atoms with Gasteiger partial charge in [-0.1, -0.05) is 12.5 Å². The molecule has 2 heterocycles. The van der Waals surface area contributed by atoms with Gasteiger partial charge in [0, 0.05) is 30.1 Å². The lowest BCUT2D eigenvalue weighted by Crippen LogP contribution is -2.41. The lowest BCUT2D eigenvalue weighted by molar-refractivity contribution is 0.211. The molecule has 1 aromatic rings. The van der Waals surface area contributed by atoms with Gasteiger partial charge in [-0.3, -0.25) is 4.90 Å². The highest BCUT2D eigenvalue weighted by atomic mass is 32.1. The molecule has 3 atom stereocenters. The van der Waals surface area contributed by atoms with Crippen molar-refractivity contribution >= 4 is 11.3 Å². The van der Waals surface area contributed by atoms with Crippen LogP contribution in [0.2, 0.25) is 0 Å². The Hall–Kier alpha value is -0.380. The van der Waals surface area contributed by atoms with Crippen molar-refractivity contribution in [3.05, 3.63) is 22.4 Å². The van der Waals surface area contributed by atoms with Crippen molar-refractivity contribution in [2.75, 3.05) is 13.1 Å². The molecular weight excluding hydrogens is 252 g/mol. The highest BCUT2D eigenvalue weighted by Crippen LogP contribution is 2.39. The minimum Gasteiger partial charge on any atom is -0.312 e. The second-order valence-electron chi connectivity index (χ2n) is 6.61. The number of thiophene rings is 1. The molecule has 3 heteroatoms. The average molecular weight is 276 g/mol. The van der Waals surface area contributed by atoms with Crippen LogP contribution in [-0.2, 0) is 6.54 Å². The highest BCUT2D eigenvalue weighted by molar-refractivity contribution is 7.09. The zero-order valence-corrected chi connectivity index (χ0v) is 12.4. The highest BCUT2D eigenvalue weighted by Gasteiger charge is 2.41. The number of hydrogen-bond donors (Lipinski definition) is 1. The molecule has 19 heavy (non-hydrogen) atoms. The number of nitrogens with one attached hydrogen (secondary N) is 1. The summed E-state index contributed by atoms with van der Waals surface area (Å²) in [5.41, 5.74) is 0. The molecule has 1 aliphatic heterocycles. The summed E-state index contributed by atoms with van der Waals surface area (Å²) in [5.74, 6) is 1.97. The predicted molar refractivity (Wildman–Crippen MR) is 80.4 cm³/mol. The van der Waals surface area contributed by atoms with Crippen LogP contribution in [0, 0.1) is 11.8 Å². The van der Waals surface area contributed by atoms with Gasteiger partial charge in [0.1, 0.15) is 0 Å². The smallest absolute Gasteiger partial charge is 0.0331 e. The first-order chi connectivity index (χ1) is 9.40. The Bertz CT molecular complexity index is 412. The molecule has 1 aromatic heterocycles. The summed E-state index contributed by atoms with van der Waals surface area (Å²) < 4.78 is 0. The monoisotopic (exact) mass is 276 g/mol. The van der Waals surface area contributed by atoms with Gasteiger partial charge in [0.2, 0.25) is 0 Å². The maximum absolute atomic E-state index is 3.81. The topological polar surface area (TPSA) is 15.3 Å². The van der Waals surface area contributed by atoms with Gasteiger partial charge in [-0.15, -0.1) is 11.3 Å². The number of hydrogen-bond acceptors (Lipinski definition) is 3. The molecule has 4 rings (SSSR count). The molecule has 3 unspecified atom stereocenters. The van der Waals surface area contributed by atoms with E-state index >= 15 is 0 Å². The normalized spacial score (nSPS) is 34.1. The van der Waals surface area contributed by atoms with Crippen LogP contribution in [0.5, 0.6) is 0 Å². The number of nitrogens with zero attached hydrogens (tertiary/aromatic N) is 1. The third kappa shape index (κ3) is 2.61. The maximum atomic E-state index is 3.81. The Morgan fingerprint density at radius 2 is 2.21 bits per heavy atom. The van der Waals surface area contributed by atoms with E-state index in [-0.39, 0.29) is 0 Å². The van der Waals surface area contributed by atoms with Crippen LogP contribution in [0.25, 0.3) is 0 Å². The number of fused-ring (bicyclic) bond motifs is 1. The standard InChI is InChI=1S/C16H24N2S/c1-3-12-9-17-16(15(12)5-1)11-18(13-6-7-13)10-14-4-2-8-19-14/h2,4,8,12-13,15-17H,1,3,5-7,9-11H2. The lowest BCUT2D eigenvalue weighted by Gasteiger charge is -2.28. The van der Waals surface area contributed by atoms with E-state index in [1.54, 1.807) is 0 Å². The molecule has 1 N–H and O–H groups in total. The van der Waals surface area contributed by atoms with Crippen LogP contribution in [0.1, 0.15) is 37.0 Å². The first-order valence-electron chi connectivity index (χ1n) is 7.90. The second kappa shape index (κ2) is 5.19. The Morgan fingerprint density at radius 1 is 1.26 bits per heavy atom. The largest absolute Gasteiger partial charge is 0.312 e. The maximum Gasteiger partial charge on any atom is 0.0331 e.